The highest BCUT2D eigenvalue weighted by atomic mass is 16.3. The van der Waals surface area contributed by atoms with Gasteiger partial charge in [0.15, 0.2) is 0 Å². The SMILES string of the molecule is c1cncc(-c2ccc(-c3ccc4cc(-c5ccc6oc7ccccc7c6c5)ccc4c3)cc2)c1. The highest BCUT2D eigenvalue weighted by Crippen LogP contribution is 2.34. The average Bonchev–Trinajstić information content (AvgIpc) is 3.31. The number of nitrogens with zero attached hydrogens (tertiary/aromatic N) is 1. The molecule has 0 radical (unpaired) electrons. The molecule has 2 nitrogen and oxygen atoms in total. The van der Waals surface area contributed by atoms with E-state index in [0.29, 0.717) is 0 Å². The van der Waals surface area contributed by atoms with Crippen LogP contribution in [0.4, 0.5) is 0 Å². The average molecular weight is 448 g/mol. The topological polar surface area (TPSA) is 26.0 Å². The van der Waals surface area contributed by atoms with Gasteiger partial charge in [-0.25, -0.2) is 0 Å². The zero-order valence-corrected chi connectivity index (χ0v) is 19.0. The Labute approximate surface area is 203 Å². The number of para-hydroxylation sites is 1. The number of hydrogen-bond donors (Lipinski definition) is 0. The fourth-order valence-corrected chi connectivity index (χ4v) is 4.90. The van der Waals surface area contributed by atoms with E-state index in [1.165, 1.54) is 38.6 Å². The minimum atomic E-state index is 0.926. The summed E-state index contributed by atoms with van der Waals surface area (Å²) in [6.07, 6.45) is 3.70. The molecule has 2 heterocycles. The van der Waals surface area contributed by atoms with Crippen LogP contribution in [0.2, 0.25) is 0 Å². The molecular formula is C33H21NO. The normalized spacial score (nSPS) is 11.4. The molecular weight excluding hydrogens is 426 g/mol. The van der Waals surface area contributed by atoms with E-state index in [2.05, 4.69) is 102 Å². The van der Waals surface area contributed by atoms with E-state index in [4.69, 9.17) is 4.42 Å². The zero-order chi connectivity index (χ0) is 23.2. The molecule has 35 heavy (non-hydrogen) atoms. The monoisotopic (exact) mass is 447 g/mol. The van der Waals surface area contributed by atoms with Crippen LogP contribution in [0.15, 0.2) is 132 Å². The number of benzene rings is 5. The standard InChI is InChI=1S/C33H21NO/c1-2-6-32-30(5-1)31-20-28(15-16-33(31)35-32)27-14-13-25-18-24(11-12-26(25)19-27)22-7-9-23(10-8-22)29-4-3-17-34-21-29/h1-21H. The van der Waals surface area contributed by atoms with Crippen LogP contribution < -0.4 is 0 Å². The maximum Gasteiger partial charge on any atom is 0.135 e. The van der Waals surface area contributed by atoms with E-state index in [1.54, 1.807) is 6.20 Å². The first kappa shape index (κ1) is 19.7. The third-order valence-corrected chi connectivity index (χ3v) is 6.76. The second kappa shape index (κ2) is 7.96. The quantitative estimate of drug-likeness (QED) is 0.270. The van der Waals surface area contributed by atoms with Gasteiger partial charge in [0.2, 0.25) is 0 Å². The Morgan fingerprint density at radius 3 is 1.77 bits per heavy atom. The first-order valence-corrected chi connectivity index (χ1v) is 11.8. The lowest BCUT2D eigenvalue weighted by atomic mass is 9.96. The van der Waals surface area contributed by atoms with Gasteiger partial charge in [-0.15, -0.1) is 0 Å². The van der Waals surface area contributed by atoms with Crippen LogP contribution in [0.1, 0.15) is 0 Å². The van der Waals surface area contributed by atoms with Gasteiger partial charge in [0.25, 0.3) is 0 Å². The Morgan fingerprint density at radius 1 is 0.429 bits per heavy atom. The van der Waals surface area contributed by atoms with Gasteiger partial charge in [0.05, 0.1) is 0 Å². The largest absolute Gasteiger partial charge is 0.456 e. The summed E-state index contributed by atoms with van der Waals surface area (Å²) in [6, 6.07) is 40.8. The van der Waals surface area contributed by atoms with Crippen LogP contribution in [0.5, 0.6) is 0 Å². The van der Waals surface area contributed by atoms with Crippen LogP contribution in [0.25, 0.3) is 66.1 Å². The van der Waals surface area contributed by atoms with Gasteiger partial charge in [-0.05, 0) is 80.6 Å². The molecule has 0 saturated heterocycles. The molecule has 0 spiro atoms. The Bertz CT molecular complexity index is 1830. The summed E-state index contributed by atoms with van der Waals surface area (Å²) >= 11 is 0. The fraction of sp³-hybridized carbons (Fsp3) is 0. The minimum absolute atomic E-state index is 0.926. The summed E-state index contributed by atoms with van der Waals surface area (Å²) in [5.74, 6) is 0. The number of fused-ring (bicyclic) bond motifs is 4. The fourth-order valence-electron chi connectivity index (χ4n) is 4.90. The molecule has 0 aliphatic heterocycles. The van der Waals surface area contributed by atoms with Crippen molar-refractivity contribution in [2.24, 2.45) is 0 Å². The molecule has 2 aromatic heterocycles. The summed E-state index contributed by atoms with van der Waals surface area (Å²) in [4.78, 5) is 4.23. The zero-order valence-electron chi connectivity index (χ0n) is 19.0. The Hall–Kier alpha value is -4.69. The molecule has 7 rings (SSSR count). The molecule has 0 aliphatic rings. The molecule has 0 aliphatic carbocycles. The lowest BCUT2D eigenvalue weighted by Crippen LogP contribution is -1.83. The second-order valence-corrected chi connectivity index (χ2v) is 8.90. The summed E-state index contributed by atoms with van der Waals surface area (Å²) in [7, 11) is 0. The summed E-state index contributed by atoms with van der Waals surface area (Å²) < 4.78 is 6.00. The molecule has 0 bridgehead atoms. The van der Waals surface area contributed by atoms with Crippen LogP contribution in [-0.2, 0) is 0 Å². The second-order valence-electron chi connectivity index (χ2n) is 8.90. The minimum Gasteiger partial charge on any atom is -0.456 e. The van der Waals surface area contributed by atoms with Crippen LogP contribution in [0.3, 0.4) is 0 Å². The molecule has 0 unspecified atom stereocenters. The molecule has 0 amide bonds. The molecule has 0 saturated carbocycles. The van der Waals surface area contributed by atoms with Crippen molar-refractivity contribution in [3.63, 3.8) is 0 Å². The molecule has 0 N–H and O–H groups in total. The number of aromatic nitrogens is 1. The maximum atomic E-state index is 6.00. The van der Waals surface area contributed by atoms with Gasteiger partial charge < -0.3 is 4.42 Å². The Balaban J connectivity index is 1.23. The van der Waals surface area contributed by atoms with Crippen molar-refractivity contribution in [3.05, 3.63) is 128 Å². The van der Waals surface area contributed by atoms with E-state index in [0.717, 1.165) is 27.5 Å². The lowest BCUT2D eigenvalue weighted by Gasteiger charge is -2.08. The molecule has 0 atom stereocenters. The van der Waals surface area contributed by atoms with Crippen LogP contribution in [-0.4, -0.2) is 4.98 Å². The summed E-state index contributed by atoms with van der Waals surface area (Å²) in [5, 5.41) is 4.78. The van der Waals surface area contributed by atoms with E-state index in [-0.39, 0.29) is 0 Å². The number of furan rings is 1. The van der Waals surface area contributed by atoms with Gasteiger partial charge in [0.1, 0.15) is 11.2 Å². The Morgan fingerprint density at radius 2 is 1.03 bits per heavy atom. The van der Waals surface area contributed by atoms with E-state index in [9.17, 15) is 0 Å². The van der Waals surface area contributed by atoms with Gasteiger partial charge in [-0.3, -0.25) is 4.98 Å². The van der Waals surface area contributed by atoms with E-state index in [1.807, 2.05) is 24.4 Å². The summed E-state index contributed by atoms with van der Waals surface area (Å²) in [5.41, 5.74) is 8.99. The third-order valence-electron chi connectivity index (χ3n) is 6.76. The van der Waals surface area contributed by atoms with Crippen molar-refractivity contribution in [3.8, 4) is 33.4 Å². The number of pyridine rings is 1. The highest BCUT2D eigenvalue weighted by molar-refractivity contribution is 6.06. The number of rotatable bonds is 3. The van der Waals surface area contributed by atoms with Gasteiger partial charge >= 0.3 is 0 Å². The smallest absolute Gasteiger partial charge is 0.135 e. The van der Waals surface area contributed by atoms with Crippen molar-refractivity contribution in [2.45, 2.75) is 0 Å². The maximum absolute atomic E-state index is 6.00. The highest BCUT2D eigenvalue weighted by Gasteiger charge is 2.09. The van der Waals surface area contributed by atoms with E-state index < -0.39 is 0 Å². The van der Waals surface area contributed by atoms with Crippen LogP contribution >= 0.6 is 0 Å². The molecule has 164 valence electrons. The van der Waals surface area contributed by atoms with E-state index >= 15 is 0 Å². The van der Waals surface area contributed by atoms with Crippen molar-refractivity contribution in [1.82, 2.24) is 4.98 Å². The predicted molar refractivity (Wildman–Crippen MR) is 145 cm³/mol. The summed E-state index contributed by atoms with van der Waals surface area (Å²) in [6.45, 7) is 0. The van der Waals surface area contributed by atoms with Gasteiger partial charge in [-0.2, -0.15) is 0 Å². The van der Waals surface area contributed by atoms with Gasteiger partial charge in [-0.1, -0.05) is 78.9 Å². The molecule has 2 heteroatoms. The molecule has 7 aromatic rings. The third kappa shape index (κ3) is 3.48. The number of hydrogen-bond acceptors (Lipinski definition) is 2. The van der Waals surface area contributed by atoms with Crippen molar-refractivity contribution in [2.75, 3.05) is 0 Å². The van der Waals surface area contributed by atoms with Crippen molar-refractivity contribution in [1.29, 1.82) is 0 Å². The first-order chi connectivity index (χ1) is 17.3. The Kier molecular flexibility index (Phi) is 4.49. The molecule has 0 fully saturated rings. The molecule has 5 aromatic carbocycles. The predicted octanol–water partition coefficient (Wildman–Crippen LogP) is 9.14. The lowest BCUT2D eigenvalue weighted by molar-refractivity contribution is 0.669. The van der Waals surface area contributed by atoms with Gasteiger partial charge in [0, 0.05) is 23.2 Å². The first-order valence-electron chi connectivity index (χ1n) is 11.8. The van der Waals surface area contributed by atoms with Crippen molar-refractivity contribution < 1.29 is 4.42 Å². The van der Waals surface area contributed by atoms with Crippen LogP contribution in [0, 0.1) is 0 Å². The van der Waals surface area contributed by atoms with Crippen molar-refractivity contribution >= 4 is 32.7 Å².